The van der Waals surface area contributed by atoms with Crippen molar-refractivity contribution in [2.45, 2.75) is 20.8 Å². The van der Waals surface area contributed by atoms with Crippen molar-refractivity contribution in [3.63, 3.8) is 0 Å². The number of hydrogen-bond acceptors (Lipinski definition) is 5. The van der Waals surface area contributed by atoms with Gasteiger partial charge >= 0.3 is 0 Å². The van der Waals surface area contributed by atoms with Gasteiger partial charge in [-0.15, -0.1) is 0 Å². The Bertz CT molecular complexity index is 886. The van der Waals surface area contributed by atoms with Gasteiger partial charge in [-0.25, -0.2) is 9.97 Å². The molecule has 0 saturated carbocycles. The van der Waals surface area contributed by atoms with Crippen molar-refractivity contribution in [3.05, 3.63) is 65.2 Å². The van der Waals surface area contributed by atoms with Crippen molar-refractivity contribution in [2.24, 2.45) is 0 Å². The summed E-state index contributed by atoms with van der Waals surface area (Å²) in [5, 5.41) is 6.79. The molecular weight excluding hydrogens is 336 g/mol. The maximum Gasteiger partial charge on any atom is 0.163 e. The van der Waals surface area contributed by atoms with Crippen LogP contribution in [0.15, 0.2) is 48.5 Å². The normalized spacial score (nSPS) is 10.7. The van der Waals surface area contributed by atoms with Gasteiger partial charge in [0, 0.05) is 31.0 Å². The summed E-state index contributed by atoms with van der Waals surface area (Å²) in [4.78, 5) is 9.40. The second kappa shape index (κ2) is 8.64. The van der Waals surface area contributed by atoms with E-state index in [1.54, 1.807) is 7.11 Å². The minimum absolute atomic E-state index is 0.615. The second-order valence-corrected chi connectivity index (χ2v) is 6.65. The Labute approximate surface area is 160 Å². The largest absolute Gasteiger partial charge is 0.383 e. The number of methoxy groups -OCH3 is 1. The molecule has 3 rings (SSSR count). The monoisotopic (exact) mass is 362 g/mol. The SMILES string of the molecule is COCCNc1cc(Nc2c(C)cc(C)cc2C)nc(-c2ccccc2)n1. The molecular formula is C22H26N4O. The van der Waals surface area contributed by atoms with E-state index in [2.05, 4.69) is 48.5 Å². The number of nitrogens with one attached hydrogen (secondary N) is 2. The number of nitrogens with zero attached hydrogens (tertiary/aromatic N) is 2. The Balaban J connectivity index is 1.97. The predicted octanol–water partition coefficient (Wildman–Crippen LogP) is 4.87. The van der Waals surface area contributed by atoms with Crippen LogP contribution in [0.1, 0.15) is 16.7 Å². The third kappa shape index (κ3) is 4.83. The Morgan fingerprint density at radius 3 is 2.22 bits per heavy atom. The zero-order valence-corrected chi connectivity index (χ0v) is 16.3. The van der Waals surface area contributed by atoms with Crippen molar-refractivity contribution in [1.29, 1.82) is 0 Å². The molecule has 0 saturated heterocycles. The van der Waals surface area contributed by atoms with E-state index in [1.165, 1.54) is 16.7 Å². The molecule has 0 fully saturated rings. The van der Waals surface area contributed by atoms with Crippen LogP contribution in [0.4, 0.5) is 17.3 Å². The summed E-state index contributed by atoms with van der Waals surface area (Å²) in [5.41, 5.74) is 5.71. The fourth-order valence-corrected chi connectivity index (χ4v) is 3.10. The number of benzene rings is 2. The zero-order chi connectivity index (χ0) is 19.2. The quantitative estimate of drug-likeness (QED) is 0.587. The van der Waals surface area contributed by atoms with Crippen LogP contribution in [0.5, 0.6) is 0 Å². The number of aromatic nitrogens is 2. The van der Waals surface area contributed by atoms with Crippen LogP contribution in [-0.2, 0) is 4.74 Å². The number of rotatable bonds is 7. The number of anilines is 3. The maximum atomic E-state index is 5.13. The summed E-state index contributed by atoms with van der Waals surface area (Å²) >= 11 is 0. The van der Waals surface area contributed by atoms with Crippen LogP contribution in [-0.4, -0.2) is 30.2 Å². The molecule has 27 heavy (non-hydrogen) atoms. The molecule has 0 aliphatic rings. The molecule has 1 heterocycles. The molecule has 0 spiro atoms. The summed E-state index contributed by atoms with van der Waals surface area (Å²) in [6.07, 6.45) is 0. The first kappa shape index (κ1) is 18.9. The summed E-state index contributed by atoms with van der Waals surface area (Å²) in [5.74, 6) is 2.22. The third-order valence-electron chi connectivity index (χ3n) is 4.30. The minimum atomic E-state index is 0.615. The van der Waals surface area contributed by atoms with E-state index in [-0.39, 0.29) is 0 Å². The Morgan fingerprint density at radius 1 is 0.889 bits per heavy atom. The van der Waals surface area contributed by atoms with Crippen molar-refractivity contribution >= 4 is 17.3 Å². The van der Waals surface area contributed by atoms with Crippen LogP contribution in [0.25, 0.3) is 11.4 Å². The molecule has 1 aromatic heterocycles. The number of ether oxygens (including phenoxy) is 1. The maximum absolute atomic E-state index is 5.13. The topological polar surface area (TPSA) is 59.1 Å². The minimum Gasteiger partial charge on any atom is -0.383 e. The summed E-state index contributed by atoms with van der Waals surface area (Å²) in [7, 11) is 1.69. The van der Waals surface area contributed by atoms with E-state index in [0.29, 0.717) is 19.0 Å². The van der Waals surface area contributed by atoms with Gasteiger partial charge in [-0.05, 0) is 31.9 Å². The first-order chi connectivity index (χ1) is 13.1. The fraction of sp³-hybridized carbons (Fsp3) is 0.273. The molecule has 5 nitrogen and oxygen atoms in total. The summed E-state index contributed by atoms with van der Waals surface area (Å²) < 4.78 is 5.13. The van der Waals surface area contributed by atoms with Crippen molar-refractivity contribution < 1.29 is 4.74 Å². The van der Waals surface area contributed by atoms with E-state index in [4.69, 9.17) is 9.72 Å². The number of hydrogen-bond donors (Lipinski definition) is 2. The van der Waals surface area contributed by atoms with Crippen molar-refractivity contribution in [3.8, 4) is 11.4 Å². The first-order valence-corrected chi connectivity index (χ1v) is 9.09. The van der Waals surface area contributed by atoms with Crippen molar-refractivity contribution in [1.82, 2.24) is 9.97 Å². The Hall–Kier alpha value is -2.92. The molecule has 2 aromatic carbocycles. The molecule has 0 atom stereocenters. The van der Waals surface area contributed by atoms with Crippen LogP contribution < -0.4 is 10.6 Å². The molecule has 0 amide bonds. The Morgan fingerprint density at radius 2 is 1.56 bits per heavy atom. The zero-order valence-electron chi connectivity index (χ0n) is 16.3. The standard InChI is InChI=1S/C22H26N4O/c1-15-12-16(2)21(17(3)13-15)24-20-14-19(23-10-11-27-4)25-22(26-20)18-8-6-5-7-9-18/h5-9,12-14H,10-11H2,1-4H3,(H2,23,24,25,26). The molecule has 0 bridgehead atoms. The molecule has 140 valence electrons. The van der Waals surface area contributed by atoms with Gasteiger partial charge in [0.15, 0.2) is 5.82 Å². The molecule has 5 heteroatoms. The van der Waals surface area contributed by atoms with Gasteiger partial charge in [0.2, 0.25) is 0 Å². The summed E-state index contributed by atoms with van der Waals surface area (Å²) in [6.45, 7) is 7.63. The van der Waals surface area contributed by atoms with Gasteiger partial charge < -0.3 is 15.4 Å². The van der Waals surface area contributed by atoms with E-state index in [0.717, 1.165) is 22.9 Å². The highest BCUT2D eigenvalue weighted by Gasteiger charge is 2.10. The average molecular weight is 362 g/mol. The number of aryl methyl sites for hydroxylation is 3. The highest BCUT2D eigenvalue weighted by Crippen LogP contribution is 2.27. The van der Waals surface area contributed by atoms with E-state index in [9.17, 15) is 0 Å². The van der Waals surface area contributed by atoms with Crippen molar-refractivity contribution in [2.75, 3.05) is 30.9 Å². The summed E-state index contributed by atoms with van der Waals surface area (Å²) in [6, 6.07) is 16.3. The molecule has 0 aliphatic carbocycles. The van der Waals surface area contributed by atoms with Crippen LogP contribution in [0.2, 0.25) is 0 Å². The fourth-order valence-electron chi connectivity index (χ4n) is 3.10. The molecule has 0 aliphatic heterocycles. The third-order valence-corrected chi connectivity index (χ3v) is 4.30. The van der Waals surface area contributed by atoms with E-state index >= 15 is 0 Å². The molecule has 3 aromatic rings. The highest BCUT2D eigenvalue weighted by molar-refractivity contribution is 5.69. The van der Waals surface area contributed by atoms with Crippen LogP contribution >= 0.6 is 0 Å². The molecule has 2 N–H and O–H groups in total. The van der Waals surface area contributed by atoms with Gasteiger partial charge in [0.25, 0.3) is 0 Å². The first-order valence-electron chi connectivity index (χ1n) is 9.09. The smallest absolute Gasteiger partial charge is 0.163 e. The second-order valence-electron chi connectivity index (χ2n) is 6.65. The lowest BCUT2D eigenvalue weighted by molar-refractivity contribution is 0.210. The van der Waals surface area contributed by atoms with Gasteiger partial charge in [-0.3, -0.25) is 0 Å². The highest BCUT2D eigenvalue weighted by atomic mass is 16.5. The lowest BCUT2D eigenvalue weighted by Crippen LogP contribution is -2.10. The molecule has 0 radical (unpaired) electrons. The van der Waals surface area contributed by atoms with E-state index < -0.39 is 0 Å². The molecule has 0 unspecified atom stereocenters. The van der Waals surface area contributed by atoms with E-state index in [1.807, 2.05) is 36.4 Å². The van der Waals surface area contributed by atoms with Gasteiger partial charge in [0.05, 0.1) is 6.61 Å². The van der Waals surface area contributed by atoms with Gasteiger partial charge in [-0.2, -0.15) is 0 Å². The van der Waals surface area contributed by atoms with Crippen LogP contribution in [0.3, 0.4) is 0 Å². The predicted molar refractivity (Wildman–Crippen MR) is 112 cm³/mol. The Kier molecular flexibility index (Phi) is 6.04. The van der Waals surface area contributed by atoms with Gasteiger partial charge in [0.1, 0.15) is 11.6 Å². The van der Waals surface area contributed by atoms with Gasteiger partial charge in [-0.1, -0.05) is 48.0 Å². The van der Waals surface area contributed by atoms with Crippen LogP contribution in [0, 0.1) is 20.8 Å². The average Bonchev–Trinajstić information content (AvgIpc) is 2.65. The lowest BCUT2D eigenvalue weighted by atomic mass is 10.1. The lowest BCUT2D eigenvalue weighted by Gasteiger charge is -2.15.